The maximum atomic E-state index is 3.70. The molecular formula is C12H21. The molecule has 0 saturated carbocycles. The molecule has 69 valence electrons. The minimum absolute atomic E-state index is 1.18. The van der Waals surface area contributed by atoms with E-state index in [4.69, 9.17) is 0 Å². The van der Waals surface area contributed by atoms with Crippen molar-refractivity contribution in [2.45, 2.75) is 44.9 Å². The van der Waals surface area contributed by atoms with Gasteiger partial charge in [0, 0.05) is 0 Å². The zero-order valence-electron chi connectivity index (χ0n) is 8.10. The van der Waals surface area contributed by atoms with Gasteiger partial charge in [0.2, 0.25) is 0 Å². The van der Waals surface area contributed by atoms with E-state index in [2.05, 4.69) is 19.6 Å². The Morgan fingerprint density at radius 3 is 2.00 bits per heavy atom. The van der Waals surface area contributed by atoms with E-state index in [1.54, 1.807) is 0 Å². The minimum Gasteiger partial charge on any atom is -0.103 e. The first kappa shape index (κ1) is 11.5. The molecule has 0 aromatic rings. The Hall–Kier alpha value is -0.520. The topological polar surface area (TPSA) is 0 Å². The highest BCUT2D eigenvalue weighted by Gasteiger charge is 1.87. The van der Waals surface area contributed by atoms with Crippen molar-refractivity contribution in [3.05, 3.63) is 31.7 Å². The summed E-state index contributed by atoms with van der Waals surface area (Å²) in [6.07, 6.45) is 15.1. The number of hydrogen-bond donors (Lipinski definition) is 0. The second-order valence-electron chi connectivity index (χ2n) is 3.11. The summed E-state index contributed by atoms with van der Waals surface area (Å²) in [4.78, 5) is 0. The minimum atomic E-state index is 1.18. The van der Waals surface area contributed by atoms with Crippen LogP contribution in [0.25, 0.3) is 0 Å². The van der Waals surface area contributed by atoms with Gasteiger partial charge < -0.3 is 0 Å². The quantitative estimate of drug-likeness (QED) is 0.372. The molecule has 0 fully saturated rings. The molecule has 1 radical (unpaired) electrons. The summed E-state index contributed by atoms with van der Waals surface area (Å²) in [6, 6.07) is 0. The Bertz CT molecular complexity index is 111. The Morgan fingerprint density at radius 1 is 0.833 bits per heavy atom. The number of hydrogen-bond acceptors (Lipinski definition) is 0. The van der Waals surface area contributed by atoms with Crippen LogP contribution in [0, 0.1) is 6.92 Å². The maximum Gasteiger partial charge on any atom is -0.0316 e. The zero-order chi connectivity index (χ0) is 9.07. The predicted octanol–water partition coefficient (Wildman–Crippen LogP) is 4.29. The van der Waals surface area contributed by atoms with Crippen molar-refractivity contribution in [3.63, 3.8) is 0 Å². The third kappa shape index (κ3) is 9.48. The molecule has 0 unspecified atom stereocenters. The molecule has 0 heteroatoms. The van der Waals surface area contributed by atoms with Crippen LogP contribution in [-0.2, 0) is 0 Å². The highest BCUT2D eigenvalue weighted by Crippen LogP contribution is 2.07. The summed E-state index contributed by atoms with van der Waals surface area (Å²) < 4.78 is 0. The molecule has 0 saturated heterocycles. The first-order valence-electron chi connectivity index (χ1n) is 4.97. The van der Waals surface area contributed by atoms with Gasteiger partial charge in [-0.1, -0.05) is 37.5 Å². The number of unbranched alkanes of at least 4 members (excludes halogenated alkanes) is 6. The predicted molar refractivity (Wildman–Crippen MR) is 57.0 cm³/mol. The summed E-state index contributed by atoms with van der Waals surface area (Å²) >= 11 is 0. The Labute approximate surface area is 77.4 Å². The number of allylic oxidation sites excluding steroid dienone is 3. The molecule has 0 amide bonds. The SMILES string of the molecule is [CH2]C=CCCCCCCCC=C. The first-order chi connectivity index (χ1) is 5.91. The van der Waals surface area contributed by atoms with Crippen molar-refractivity contribution in [2.75, 3.05) is 0 Å². The normalized spacial score (nSPS) is 10.8. The van der Waals surface area contributed by atoms with E-state index in [-0.39, 0.29) is 0 Å². The fourth-order valence-electron chi connectivity index (χ4n) is 1.20. The van der Waals surface area contributed by atoms with Crippen molar-refractivity contribution < 1.29 is 0 Å². The Kier molecular flexibility index (Phi) is 10.0. The molecular weight excluding hydrogens is 144 g/mol. The van der Waals surface area contributed by atoms with E-state index >= 15 is 0 Å². The lowest BCUT2D eigenvalue weighted by atomic mass is 10.1. The summed E-state index contributed by atoms with van der Waals surface area (Å²) in [5.74, 6) is 0. The van der Waals surface area contributed by atoms with Gasteiger partial charge in [-0.25, -0.2) is 0 Å². The lowest BCUT2D eigenvalue weighted by Crippen LogP contribution is -1.77. The van der Waals surface area contributed by atoms with Crippen LogP contribution in [0.1, 0.15) is 44.9 Å². The van der Waals surface area contributed by atoms with Crippen LogP contribution >= 0.6 is 0 Å². The van der Waals surface area contributed by atoms with Crippen LogP contribution < -0.4 is 0 Å². The average molecular weight is 165 g/mol. The fraction of sp³-hybridized carbons (Fsp3) is 0.583. The molecule has 0 spiro atoms. The van der Waals surface area contributed by atoms with Gasteiger partial charge in [-0.05, 0) is 32.6 Å². The van der Waals surface area contributed by atoms with Crippen LogP contribution in [0.3, 0.4) is 0 Å². The fourth-order valence-corrected chi connectivity index (χ4v) is 1.20. The van der Waals surface area contributed by atoms with Crippen molar-refractivity contribution in [1.82, 2.24) is 0 Å². The highest BCUT2D eigenvalue weighted by atomic mass is 13.9. The van der Waals surface area contributed by atoms with Crippen molar-refractivity contribution in [3.8, 4) is 0 Å². The lowest BCUT2D eigenvalue weighted by Gasteiger charge is -1.97. The van der Waals surface area contributed by atoms with Gasteiger partial charge in [0.05, 0.1) is 0 Å². The molecule has 0 rings (SSSR count). The van der Waals surface area contributed by atoms with E-state index in [0.29, 0.717) is 0 Å². The zero-order valence-corrected chi connectivity index (χ0v) is 8.10. The molecule has 0 nitrogen and oxygen atoms in total. The molecule has 0 aliphatic heterocycles. The van der Waals surface area contributed by atoms with Crippen LogP contribution in [-0.4, -0.2) is 0 Å². The Morgan fingerprint density at radius 2 is 1.42 bits per heavy atom. The smallest absolute Gasteiger partial charge is 0.0316 e. The number of rotatable bonds is 8. The molecule has 0 N–H and O–H groups in total. The molecule has 0 heterocycles. The van der Waals surface area contributed by atoms with Crippen molar-refractivity contribution >= 4 is 0 Å². The van der Waals surface area contributed by atoms with Crippen LogP contribution in [0.15, 0.2) is 24.8 Å². The van der Waals surface area contributed by atoms with Crippen LogP contribution in [0.2, 0.25) is 0 Å². The van der Waals surface area contributed by atoms with Crippen molar-refractivity contribution in [2.24, 2.45) is 0 Å². The molecule has 12 heavy (non-hydrogen) atoms. The van der Waals surface area contributed by atoms with Gasteiger partial charge in [0.15, 0.2) is 0 Å². The summed E-state index contributed by atoms with van der Waals surface area (Å²) in [7, 11) is 0. The van der Waals surface area contributed by atoms with Gasteiger partial charge in [-0.2, -0.15) is 0 Å². The van der Waals surface area contributed by atoms with Crippen molar-refractivity contribution in [1.29, 1.82) is 0 Å². The standard InChI is InChI=1S/C12H21/c1-3-5-7-9-11-12-10-8-6-4-2/h3-5H,1-2,6-12H2. The molecule has 0 aromatic carbocycles. The first-order valence-corrected chi connectivity index (χ1v) is 4.97. The summed E-state index contributed by atoms with van der Waals surface area (Å²) in [5, 5.41) is 0. The van der Waals surface area contributed by atoms with Gasteiger partial charge >= 0.3 is 0 Å². The Balaban J connectivity index is 2.86. The van der Waals surface area contributed by atoms with E-state index in [9.17, 15) is 0 Å². The van der Waals surface area contributed by atoms with E-state index < -0.39 is 0 Å². The largest absolute Gasteiger partial charge is 0.103 e. The summed E-state index contributed by atoms with van der Waals surface area (Å²) in [6.45, 7) is 7.36. The second kappa shape index (κ2) is 10.5. The summed E-state index contributed by atoms with van der Waals surface area (Å²) in [5.41, 5.74) is 0. The van der Waals surface area contributed by atoms with E-state index in [0.717, 1.165) is 0 Å². The lowest BCUT2D eigenvalue weighted by molar-refractivity contribution is 0.622. The third-order valence-corrected chi connectivity index (χ3v) is 1.95. The highest BCUT2D eigenvalue weighted by molar-refractivity contribution is 4.83. The van der Waals surface area contributed by atoms with Crippen LogP contribution in [0.4, 0.5) is 0 Å². The molecule has 0 aliphatic carbocycles. The molecule has 0 bridgehead atoms. The van der Waals surface area contributed by atoms with Gasteiger partial charge in [-0.15, -0.1) is 6.58 Å². The monoisotopic (exact) mass is 165 g/mol. The van der Waals surface area contributed by atoms with Crippen LogP contribution in [0.5, 0.6) is 0 Å². The molecule has 0 aliphatic rings. The third-order valence-electron chi connectivity index (χ3n) is 1.95. The van der Waals surface area contributed by atoms with Gasteiger partial charge in [0.1, 0.15) is 0 Å². The molecule has 0 atom stereocenters. The second-order valence-corrected chi connectivity index (χ2v) is 3.11. The molecule has 0 aromatic heterocycles. The van der Waals surface area contributed by atoms with Gasteiger partial charge in [0.25, 0.3) is 0 Å². The van der Waals surface area contributed by atoms with Gasteiger partial charge in [-0.3, -0.25) is 0 Å². The average Bonchev–Trinajstić information content (AvgIpc) is 2.10. The van der Waals surface area contributed by atoms with E-state index in [1.165, 1.54) is 44.9 Å². The maximum absolute atomic E-state index is 3.70. The van der Waals surface area contributed by atoms with E-state index in [1.807, 2.05) is 12.2 Å².